The zero-order chi connectivity index (χ0) is 17.6. The molecular weight excluding hydrogens is 348 g/mol. The minimum atomic E-state index is 0. The topological polar surface area (TPSA) is 49.4 Å². The number of benzene rings is 1. The molecule has 2 aliphatic rings. The molecule has 1 aromatic rings. The van der Waals surface area contributed by atoms with Crippen LogP contribution >= 0.6 is 12.4 Å². The fraction of sp³-hybridized carbons (Fsp3) is 0.619. The maximum atomic E-state index is 12.2. The molecule has 2 atom stereocenters. The van der Waals surface area contributed by atoms with Gasteiger partial charge >= 0.3 is 0 Å². The quantitative estimate of drug-likeness (QED) is 0.801. The lowest BCUT2D eigenvalue weighted by Crippen LogP contribution is -2.42. The number of piperidine rings is 1. The molecule has 2 heterocycles. The van der Waals surface area contributed by atoms with Gasteiger partial charge in [0.15, 0.2) is 0 Å². The molecule has 26 heavy (non-hydrogen) atoms. The van der Waals surface area contributed by atoms with Crippen LogP contribution in [0.25, 0.3) is 0 Å². The van der Waals surface area contributed by atoms with Gasteiger partial charge in [-0.05, 0) is 61.4 Å². The van der Waals surface area contributed by atoms with E-state index in [0.29, 0.717) is 24.7 Å². The number of aldehydes is 1. The molecule has 0 aliphatic carbocycles. The third-order valence-electron chi connectivity index (χ3n) is 5.87. The van der Waals surface area contributed by atoms with E-state index in [4.69, 9.17) is 0 Å². The van der Waals surface area contributed by atoms with E-state index in [1.165, 1.54) is 16.7 Å². The molecule has 5 heteroatoms. The molecule has 4 nitrogen and oxygen atoms in total. The SMILES string of the molecule is CCC(=O)N1CCC(CCC=O)C(c2ccc3c(c2)CCNCC3)C1.Cl. The Labute approximate surface area is 163 Å². The highest BCUT2D eigenvalue weighted by Crippen LogP contribution is 2.36. The number of nitrogens with one attached hydrogen (secondary N) is 1. The zero-order valence-corrected chi connectivity index (χ0v) is 16.5. The molecular formula is C21H31ClN2O2. The van der Waals surface area contributed by atoms with Crippen LogP contribution in [0.2, 0.25) is 0 Å². The van der Waals surface area contributed by atoms with Crippen LogP contribution < -0.4 is 5.32 Å². The molecule has 2 unspecified atom stereocenters. The van der Waals surface area contributed by atoms with Crippen molar-refractivity contribution in [3.8, 4) is 0 Å². The highest BCUT2D eigenvalue weighted by atomic mass is 35.5. The van der Waals surface area contributed by atoms with Crippen molar-refractivity contribution in [2.45, 2.75) is 51.4 Å². The van der Waals surface area contributed by atoms with Gasteiger partial charge in [0.25, 0.3) is 0 Å². The Balaban J connectivity index is 0.00000243. The lowest BCUT2D eigenvalue weighted by Gasteiger charge is -2.39. The second kappa shape index (κ2) is 10.1. The van der Waals surface area contributed by atoms with Crippen LogP contribution in [0.3, 0.4) is 0 Å². The maximum absolute atomic E-state index is 12.2. The Kier molecular flexibility index (Phi) is 8.11. The van der Waals surface area contributed by atoms with Crippen LogP contribution in [-0.4, -0.2) is 43.3 Å². The Morgan fingerprint density at radius 3 is 2.77 bits per heavy atom. The Hall–Kier alpha value is -1.39. The first-order valence-corrected chi connectivity index (χ1v) is 9.76. The number of carbonyl (C=O) groups excluding carboxylic acids is 2. The highest BCUT2D eigenvalue weighted by molar-refractivity contribution is 5.85. The van der Waals surface area contributed by atoms with Crippen LogP contribution in [0.1, 0.15) is 55.2 Å². The van der Waals surface area contributed by atoms with E-state index in [1.807, 2.05) is 11.8 Å². The van der Waals surface area contributed by atoms with Crippen molar-refractivity contribution in [1.29, 1.82) is 0 Å². The fourth-order valence-corrected chi connectivity index (χ4v) is 4.38. The molecule has 144 valence electrons. The number of rotatable bonds is 5. The van der Waals surface area contributed by atoms with Crippen molar-refractivity contribution < 1.29 is 9.59 Å². The molecule has 3 rings (SSSR count). The van der Waals surface area contributed by atoms with Crippen molar-refractivity contribution in [1.82, 2.24) is 10.2 Å². The molecule has 0 saturated carbocycles. The molecule has 1 amide bonds. The average Bonchev–Trinajstić information content (AvgIpc) is 2.90. The van der Waals surface area contributed by atoms with Gasteiger partial charge in [-0.1, -0.05) is 25.1 Å². The number of likely N-dealkylation sites (tertiary alicyclic amines) is 1. The van der Waals surface area contributed by atoms with Crippen LogP contribution in [0.5, 0.6) is 0 Å². The van der Waals surface area contributed by atoms with Gasteiger partial charge in [-0.2, -0.15) is 0 Å². The molecule has 0 bridgehead atoms. The number of hydrogen-bond donors (Lipinski definition) is 1. The van der Waals surface area contributed by atoms with Gasteiger partial charge in [0.05, 0.1) is 0 Å². The molecule has 1 saturated heterocycles. The number of nitrogens with zero attached hydrogens (tertiary/aromatic N) is 1. The van der Waals surface area contributed by atoms with Gasteiger partial charge in [0, 0.05) is 31.8 Å². The number of carbonyl (C=O) groups is 2. The molecule has 0 spiro atoms. The van der Waals surface area contributed by atoms with Gasteiger partial charge in [0.2, 0.25) is 5.91 Å². The molecule has 2 aliphatic heterocycles. The lowest BCUT2D eigenvalue weighted by atomic mass is 9.77. The minimum absolute atomic E-state index is 0. The summed E-state index contributed by atoms with van der Waals surface area (Å²) in [6.45, 7) is 5.66. The summed E-state index contributed by atoms with van der Waals surface area (Å²) in [5.41, 5.74) is 4.26. The largest absolute Gasteiger partial charge is 0.342 e. The third-order valence-corrected chi connectivity index (χ3v) is 5.87. The third kappa shape index (κ3) is 4.86. The Bertz CT molecular complexity index is 620. The second-order valence-corrected chi connectivity index (χ2v) is 7.37. The first-order chi connectivity index (χ1) is 12.2. The number of fused-ring (bicyclic) bond motifs is 1. The first-order valence-electron chi connectivity index (χ1n) is 9.76. The summed E-state index contributed by atoms with van der Waals surface area (Å²) < 4.78 is 0. The summed E-state index contributed by atoms with van der Waals surface area (Å²) in [4.78, 5) is 25.1. The second-order valence-electron chi connectivity index (χ2n) is 7.37. The van der Waals surface area contributed by atoms with E-state index in [2.05, 4.69) is 23.5 Å². The van der Waals surface area contributed by atoms with Gasteiger partial charge in [-0.25, -0.2) is 0 Å². The monoisotopic (exact) mass is 378 g/mol. The standard InChI is InChI=1S/C21H30N2O2.ClH/c1-2-21(25)23-12-9-17(4-3-13-24)20(15-23)19-6-5-16-7-10-22-11-8-18(16)14-19;/h5-6,13-14,17,20,22H,2-4,7-12,15H2,1H3;1H. The van der Waals surface area contributed by atoms with Crippen LogP contribution in [-0.2, 0) is 22.4 Å². The number of amides is 1. The van der Waals surface area contributed by atoms with Crippen LogP contribution in [0.15, 0.2) is 18.2 Å². The number of halogens is 1. The van der Waals surface area contributed by atoms with E-state index >= 15 is 0 Å². The van der Waals surface area contributed by atoms with Gasteiger partial charge in [-0.15, -0.1) is 12.4 Å². The van der Waals surface area contributed by atoms with E-state index in [0.717, 1.165) is 58.1 Å². The van der Waals surface area contributed by atoms with Crippen molar-refractivity contribution >= 4 is 24.6 Å². The summed E-state index contributed by atoms with van der Waals surface area (Å²) in [6, 6.07) is 6.93. The Morgan fingerprint density at radius 2 is 2.04 bits per heavy atom. The summed E-state index contributed by atoms with van der Waals surface area (Å²) in [7, 11) is 0. The fourth-order valence-electron chi connectivity index (χ4n) is 4.38. The van der Waals surface area contributed by atoms with Crippen molar-refractivity contribution in [3.63, 3.8) is 0 Å². The molecule has 0 radical (unpaired) electrons. The predicted octanol–water partition coefficient (Wildman–Crippen LogP) is 3.12. The average molecular weight is 379 g/mol. The molecule has 1 aromatic carbocycles. The van der Waals surface area contributed by atoms with E-state index in [9.17, 15) is 9.59 Å². The van der Waals surface area contributed by atoms with E-state index in [-0.39, 0.29) is 18.3 Å². The van der Waals surface area contributed by atoms with Gasteiger partial charge in [0.1, 0.15) is 6.29 Å². The van der Waals surface area contributed by atoms with Crippen molar-refractivity contribution in [3.05, 3.63) is 34.9 Å². The summed E-state index contributed by atoms with van der Waals surface area (Å²) >= 11 is 0. The van der Waals surface area contributed by atoms with Crippen molar-refractivity contribution in [2.24, 2.45) is 5.92 Å². The van der Waals surface area contributed by atoms with Crippen LogP contribution in [0, 0.1) is 5.92 Å². The summed E-state index contributed by atoms with van der Waals surface area (Å²) in [5, 5.41) is 3.47. The Morgan fingerprint density at radius 1 is 1.27 bits per heavy atom. The van der Waals surface area contributed by atoms with Gasteiger partial charge < -0.3 is 15.0 Å². The highest BCUT2D eigenvalue weighted by Gasteiger charge is 2.32. The minimum Gasteiger partial charge on any atom is -0.342 e. The molecule has 1 fully saturated rings. The van der Waals surface area contributed by atoms with E-state index in [1.54, 1.807) is 0 Å². The molecule has 0 aromatic heterocycles. The van der Waals surface area contributed by atoms with Crippen molar-refractivity contribution in [2.75, 3.05) is 26.2 Å². The first kappa shape index (κ1) is 20.9. The zero-order valence-electron chi connectivity index (χ0n) is 15.7. The maximum Gasteiger partial charge on any atom is 0.222 e. The van der Waals surface area contributed by atoms with Gasteiger partial charge in [-0.3, -0.25) is 4.79 Å². The van der Waals surface area contributed by atoms with Crippen LogP contribution in [0.4, 0.5) is 0 Å². The predicted molar refractivity (Wildman–Crippen MR) is 107 cm³/mol. The molecule has 1 N–H and O–H groups in total. The number of hydrogen-bond acceptors (Lipinski definition) is 3. The summed E-state index contributed by atoms with van der Waals surface area (Å²) in [6.07, 6.45) is 6.33. The normalized spacial score (nSPS) is 22.7. The van der Waals surface area contributed by atoms with E-state index < -0.39 is 0 Å². The lowest BCUT2D eigenvalue weighted by molar-refractivity contribution is -0.132. The smallest absolute Gasteiger partial charge is 0.222 e. The summed E-state index contributed by atoms with van der Waals surface area (Å²) in [5.74, 6) is 1.09.